The van der Waals surface area contributed by atoms with E-state index in [2.05, 4.69) is 0 Å². The van der Waals surface area contributed by atoms with Gasteiger partial charge >= 0.3 is 12.4 Å². The molecule has 2 aromatic rings. The molecule has 0 bridgehead atoms. The standard InChI is InChI=1S/C22H20F6O3/c1-13(15-7-17(21(23,24)25)9-18(8-15)22(26,27)28)31-19-12-30-11-16(10-29)20(19)14-5-3-2-4-6-14/h2-10,13,16,19-20H,11-12H2,1H3/t13-,16+,19-,20+/m1/s1. The molecular formula is C22H20F6O3. The number of carbonyl (C=O) groups excluding carboxylic acids is 1. The van der Waals surface area contributed by atoms with E-state index >= 15 is 0 Å². The summed E-state index contributed by atoms with van der Waals surface area (Å²) in [5.74, 6) is -0.997. The van der Waals surface area contributed by atoms with Crippen molar-refractivity contribution < 1.29 is 40.6 Å². The Hall–Kier alpha value is -2.39. The fraction of sp³-hybridized carbons (Fsp3) is 0.409. The number of benzene rings is 2. The molecular weight excluding hydrogens is 426 g/mol. The molecule has 0 saturated carbocycles. The van der Waals surface area contributed by atoms with Gasteiger partial charge in [0.05, 0.1) is 36.5 Å². The Morgan fingerprint density at radius 1 is 0.968 bits per heavy atom. The van der Waals surface area contributed by atoms with E-state index < -0.39 is 47.5 Å². The molecule has 0 N–H and O–H groups in total. The number of rotatable bonds is 5. The highest BCUT2D eigenvalue weighted by Crippen LogP contribution is 2.40. The number of halogens is 6. The molecule has 1 saturated heterocycles. The summed E-state index contributed by atoms with van der Waals surface area (Å²) in [4.78, 5) is 11.6. The van der Waals surface area contributed by atoms with Crippen molar-refractivity contribution in [3.63, 3.8) is 0 Å². The molecule has 31 heavy (non-hydrogen) atoms. The second-order valence-corrected chi connectivity index (χ2v) is 7.43. The second-order valence-electron chi connectivity index (χ2n) is 7.43. The van der Waals surface area contributed by atoms with Crippen molar-refractivity contribution in [3.8, 4) is 0 Å². The average Bonchev–Trinajstić information content (AvgIpc) is 2.72. The maximum atomic E-state index is 13.2. The van der Waals surface area contributed by atoms with Gasteiger partial charge in [0.2, 0.25) is 0 Å². The van der Waals surface area contributed by atoms with Crippen LogP contribution in [-0.2, 0) is 26.6 Å². The number of carbonyl (C=O) groups is 1. The van der Waals surface area contributed by atoms with Crippen LogP contribution in [0.25, 0.3) is 0 Å². The van der Waals surface area contributed by atoms with Crippen molar-refractivity contribution in [1.82, 2.24) is 0 Å². The summed E-state index contributed by atoms with van der Waals surface area (Å²) in [5.41, 5.74) is -2.29. The monoisotopic (exact) mass is 446 g/mol. The predicted octanol–water partition coefficient (Wildman–Crippen LogP) is 5.80. The lowest BCUT2D eigenvalue weighted by Crippen LogP contribution is -2.40. The topological polar surface area (TPSA) is 35.5 Å². The van der Waals surface area contributed by atoms with Crippen molar-refractivity contribution in [2.75, 3.05) is 13.2 Å². The average molecular weight is 446 g/mol. The molecule has 0 amide bonds. The highest BCUT2D eigenvalue weighted by molar-refractivity contribution is 5.57. The Balaban J connectivity index is 1.93. The fourth-order valence-electron chi connectivity index (χ4n) is 3.74. The van der Waals surface area contributed by atoms with Crippen molar-refractivity contribution in [2.24, 2.45) is 5.92 Å². The molecule has 3 nitrogen and oxygen atoms in total. The van der Waals surface area contributed by atoms with E-state index in [1.165, 1.54) is 6.92 Å². The van der Waals surface area contributed by atoms with Gasteiger partial charge in [0, 0.05) is 11.8 Å². The third-order valence-corrected chi connectivity index (χ3v) is 5.27. The van der Waals surface area contributed by atoms with E-state index in [4.69, 9.17) is 9.47 Å². The van der Waals surface area contributed by atoms with Gasteiger partial charge < -0.3 is 14.3 Å². The van der Waals surface area contributed by atoms with E-state index in [-0.39, 0.29) is 24.8 Å². The third kappa shape index (κ3) is 5.46. The largest absolute Gasteiger partial charge is 0.416 e. The molecule has 4 atom stereocenters. The highest BCUT2D eigenvalue weighted by Gasteiger charge is 2.39. The van der Waals surface area contributed by atoms with Gasteiger partial charge in [-0.05, 0) is 36.2 Å². The van der Waals surface area contributed by atoms with E-state index in [0.717, 1.165) is 11.8 Å². The molecule has 0 radical (unpaired) electrons. The molecule has 0 spiro atoms. The summed E-state index contributed by atoms with van der Waals surface area (Å²) in [6.07, 6.45) is -11.0. The minimum Gasteiger partial charge on any atom is -0.378 e. The van der Waals surface area contributed by atoms with Gasteiger partial charge in [0.15, 0.2) is 0 Å². The van der Waals surface area contributed by atoms with Crippen molar-refractivity contribution in [3.05, 3.63) is 70.8 Å². The number of ether oxygens (including phenoxy) is 2. The van der Waals surface area contributed by atoms with Gasteiger partial charge in [-0.15, -0.1) is 0 Å². The van der Waals surface area contributed by atoms with E-state index in [9.17, 15) is 31.1 Å². The lowest BCUT2D eigenvalue weighted by molar-refractivity contribution is -0.144. The Morgan fingerprint density at radius 2 is 1.55 bits per heavy atom. The first kappa shape index (κ1) is 23.3. The SMILES string of the molecule is C[C@@H](O[C@@H]1COC[C@H](C=O)[C@@H]1c1ccccc1)c1cc(C(F)(F)F)cc(C(F)(F)F)c1. The lowest BCUT2D eigenvalue weighted by Gasteiger charge is -2.37. The summed E-state index contributed by atoms with van der Waals surface area (Å²) in [7, 11) is 0. The fourth-order valence-corrected chi connectivity index (χ4v) is 3.74. The van der Waals surface area contributed by atoms with Crippen LogP contribution in [0, 0.1) is 5.92 Å². The number of hydrogen-bond donors (Lipinski definition) is 0. The molecule has 1 heterocycles. The van der Waals surface area contributed by atoms with E-state index in [0.29, 0.717) is 12.1 Å². The minimum absolute atomic E-state index is 0.0549. The molecule has 1 aliphatic rings. The first-order valence-electron chi connectivity index (χ1n) is 9.53. The van der Waals surface area contributed by atoms with Gasteiger partial charge in [0.1, 0.15) is 6.29 Å². The molecule has 1 aliphatic heterocycles. The quantitative estimate of drug-likeness (QED) is 0.430. The van der Waals surface area contributed by atoms with Crippen molar-refractivity contribution in [1.29, 1.82) is 0 Å². The Kier molecular flexibility index (Phi) is 6.76. The van der Waals surface area contributed by atoms with Crippen LogP contribution >= 0.6 is 0 Å². The lowest BCUT2D eigenvalue weighted by atomic mass is 9.81. The van der Waals surface area contributed by atoms with Crippen LogP contribution in [0.5, 0.6) is 0 Å². The second kappa shape index (κ2) is 9.00. The van der Waals surface area contributed by atoms with Gasteiger partial charge in [-0.2, -0.15) is 26.3 Å². The van der Waals surface area contributed by atoms with Crippen LogP contribution < -0.4 is 0 Å². The molecule has 0 aromatic heterocycles. The normalized spacial score (nSPS) is 23.4. The summed E-state index contributed by atoms with van der Waals surface area (Å²) in [6, 6.07) is 10.3. The minimum atomic E-state index is -4.95. The third-order valence-electron chi connectivity index (χ3n) is 5.27. The number of aldehydes is 1. The first-order valence-corrected chi connectivity index (χ1v) is 9.53. The maximum absolute atomic E-state index is 13.2. The Bertz CT molecular complexity index is 862. The molecule has 168 valence electrons. The Morgan fingerprint density at radius 3 is 2.06 bits per heavy atom. The summed E-state index contributed by atoms with van der Waals surface area (Å²) in [5, 5.41) is 0. The summed E-state index contributed by atoms with van der Waals surface area (Å²) in [6.45, 7) is 1.58. The van der Waals surface area contributed by atoms with Crippen molar-refractivity contribution in [2.45, 2.75) is 37.4 Å². The van der Waals surface area contributed by atoms with Gasteiger partial charge in [-0.1, -0.05) is 30.3 Å². The van der Waals surface area contributed by atoms with Gasteiger partial charge in [0.25, 0.3) is 0 Å². The first-order chi connectivity index (χ1) is 14.5. The smallest absolute Gasteiger partial charge is 0.378 e. The van der Waals surface area contributed by atoms with Crippen LogP contribution in [0.2, 0.25) is 0 Å². The zero-order valence-corrected chi connectivity index (χ0v) is 16.4. The summed E-state index contributed by atoms with van der Waals surface area (Å²) >= 11 is 0. The molecule has 1 fully saturated rings. The zero-order valence-electron chi connectivity index (χ0n) is 16.4. The molecule has 2 aromatic carbocycles. The van der Waals surface area contributed by atoms with Crippen LogP contribution in [0.3, 0.4) is 0 Å². The zero-order chi connectivity index (χ0) is 22.8. The summed E-state index contributed by atoms with van der Waals surface area (Å²) < 4.78 is 90.3. The van der Waals surface area contributed by atoms with Crippen LogP contribution in [0.15, 0.2) is 48.5 Å². The maximum Gasteiger partial charge on any atom is 0.416 e. The molecule has 0 unspecified atom stereocenters. The van der Waals surface area contributed by atoms with Crippen LogP contribution in [-0.4, -0.2) is 25.6 Å². The molecule has 0 aliphatic carbocycles. The van der Waals surface area contributed by atoms with Gasteiger partial charge in [-0.25, -0.2) is 0 Å². The highest BCUT2D eigenvalue weighted by atomic mass is 19.4. The Labute approximate surface area is 175 Å². The molecule has 3 rings (SSSR count). The molecule has 9 heteroatoms. The number of hydrogen-bond acceptors (Lipinski definition) is 3. The van der Waals surface area contributed by atoms with Crippen molar-refractivity contribution >= 4 is 6.29 Å². The van der Waals surface area contributed by atoms with Crippen LogP contribution in [0.4, 0.5) is 26.3 Å². The van der Waals surface area contributed by atoms with E-state index in [1.807, 2.05) is 0 Å². The van der Waals surface area contributed by atoms with Crippen LogP contribution in [0.1, 0.15) is 41.2 Å². The predicted molar refractivity (Wildman–Crippen MR) is 99.3 cm³/mol. The number of alkyl halides is 6. The van der Waals surface area contributed by atoms with E-state index in [1.54, 1.807) is 30.3 Å². The van der Waals surface area contributed by atoms with Gasteiger partial charge in [-0.3, -0.25) is 0 Å².